The van der Waals surface area contributed by atoms with Crippen molar-refractivity contribution in [3.63, 3.8) is 0 Å². The van der Waals surface area contributed by atoms with E-state index in [4.69, 9.17) is 5.73 Å². The zero-order valence-corrected chi connectivity index (χ0v) is 10.3. The topological polar surface area (TPSA) is 52.3 Å². The molecular weight excluding hydrogens is 243 g/mol. The molecule has 0 aliphatic rings. The molecule has 0 bridgehead atoms. The Hall–Kier alpha value is -0.406. The maximum absolute atomic E-state index is 9.67. The van der Waals surface area contributed by atoms with Crippen LogP contribution in [0.5, 0.6) is 0 Å². The zero-order chi connectivity index (χ0) is 8.10. The SMILES string of the molecule is Nc1ccc(CO[C-]=O)cc1.[CH3-].[Y]. The van der Waals surface area contributed by atoms with Crippen LogP contribution in [0.1, 0.15) is 5.56 Å². The van der Waals surface area contributed by atoms with Crippen LogP contribution in [0.4, 0.5) is 5.69 Å². The third kappa shape index (κ3) is 5.77. The van der Waals surface area contributed by atoms with Crippen molar-refractivity contribution in [3.8, 4) is 0 Å². The molecule has 69 valence electrons. The quantitative estimate of drug-likeness (QED) is 0.653. The molecular formula is C9H11NO2Y-2. The summed E-state index contributed by atoms with van der Waals surface area (Å²) in [4.78, 5) is 9.67. The molecule has 0 unspecified atom stereocenters. The van der Waals surface area contributed by atoms with Gasteiger partial charge in [0, 0.05) is 38.4 Å². The summed E-state index contributed by atoms with van der Waals surface area (Å²) in [6, 6.07) is 7.10. The smallest absolute Gasteiger partial charge is 0.0745 e. The Kier molecular flexibility index (Phi) is 9.52. The van der Waals surface area contributed by atoms with Crippen molar-refractivity contribution in [1.29, 1.82) is 0 Å². The minimum atomic E-state index is 0. The van der Waals surface area contributed by atoms with Gasteiger partial charge in [0.2, 0.25) is 0 Å². The fourth-order valence-electron chi connectivity index (χ4n) is 0.727. The standard InChI is InChI=1S/C8H8NO2.CH3.Y/c9-8-3-1-7(2-4-8)5-11-6-10;;/h1-4H,5,9H2;1H3;/q2*-1;. The molecule has 1 radical (unpaired) electrons. The van der Waals surface area contributed by atoms with Gasteiger partial charge in [-0.2, -0.15) is 0 Å². The molecule has 0 spiro atoms. The third-order valence-corrected chi connectivity index (χ3v) is 1.28. The summed E-state index contributed by atoms with van der Waals surface area (Å²) in [5.41, 5.74) is 7.04. The average molecular weight is 254 g/mol. The molecule has 3 nitrogen and oxygen atoms in total. The van der Waals surface area contributed by atoms with Gasteiger partial charge in [0.25, 0.3) is 0 Å². The number of anilines is 1. The van der Waals surface area contributed by atoms with E-state index in [0.717, 1.165) is 5.56 Å². The van der Waals surface area contributed by atoms with Gasteiger partial charge in [0.1, 0.15) is 0 Å². The van der Waals surface area contributed by atoms with Gasteiger partial charge in [-0.1, -0.05) is 18.6 Å². The van der Waals surface area contributed by atoms with Crippen LogP contribution in [0.3, 0.4) is 0 Å². The van der Waals surface area contributed by atoms with E-state index in [-0.39, 0.29) is 46.7 Å². The van der Waals surface area contributed by atoms with Gasteiger partial charge >= 0.3 is 0 Å². The normalized spacial score (nSPS) is 7.69. The predicted octanol–water partition coefficient (Wildman–Crippen LogP) is 1.30. The van der Waals surface area contributed by atoms with Gasteiger partial charge < -0.3 is 22.7 Å². The number of rotatable bonds is 3. The average Bonchev–Trinajstić information content (AvgIpc) is 2.04. The third-order valence-electron chi connectivity index (χ3n) is 1.28. The summed E-state index contributed by atoms with van der Waals surface area (Å²) < 4.78 is 4.41. The van der Waals surface area contributed by atoms with Crippen LogP contribution in [-0.2, 0) is 48.8 Å². The van der Waals surface area contributed by atoms with E-state index in [1.165, 1.54) is 6.47 Å². The Balaban J connectivity index is 0. The molecule has 1 aromatic carbocycles. The molecule has 0 heterocycles. The Morgan fingerprint density at radius 1 is 1.31 bits per heavy atom. The van der Waals surface area contributed by atoms with Crippen LogP contribution in [0, 0.1) is 7.43 Å². The van der Waals surface area contributed by atoms with Gasteiger partial charge in [0.05, 0.1) is 6.61 Å². The minimum absolute atomic E-state index is 0. The number of hydrogen-bond acceptors (Lipinski definition) is 3. The first-order valence-corrected chi connectivity index (χ1v) is 3.16. The molecule has 0 saturated carbocycles. The number of nitrogen functional groups attached to an aromatic ring is 1. The van der Waals surface area contributed by atoms with Crippen LogP contribution >= 0.6 is 0 Å². The van der Waals surface area contributed by atoms with E-state index >= 15 is 0 Å². The Morgan fingerprint density at radius 3 is 2.31 bits per heavy atom. The molecule has 0 saturated heterocycles. The summed E-state index contributed by atoms with van der Waals surface area (Å²) in [5.74, 6) is 0. The van der Waals surface area contributed by atoms with Gasteiger partial charge in [-0.15, -0.1) is 0 Å². The summed E-state index contributed by atoms with van der Waals surface area (Å²) in [6.45, 7) is 1.60. The fraction of sp³-hybridized carbons (Fsp3) is 0.111. The zero-order valence-electron chi connectivity index (χ0n) is 7.49. The molecule has 1 aromatic rings. The molecule has 0 amide bonds. The summed E-state index contributed by atoms with van der Waals surface area (Å²) in [6.07, 6.45) is 0. The summed E-state index contributed by atoms with van der Waals surface area (Å²) >= 11 is 0. The van der Waals surface area contributed by atoms with Crippen molar-refractivity contribution in [2.24, 2.45) is 0 Å². The van der Waals surface area contributed by atoms with Gasteiger partial charge in [0.15, 0.2) is 0 Å². The fourth-order valence-corrected chi connectivity index (χ4v) is 0.727. The Bertz CT molecular complexity index is 236. The maximum atomic E-state index is 9.67. The molecule has 0 aliphatic heterocycles. The van der Waals surface area contributed by atoms with Crippen molar-refractivity contribution in [2.45, 2.75) is 6.61 Å². The maximum Gasteiger partial charge on any atom is 0.0745 e. The monoisotopic (exact) mass is 254 g/mol. The molecule has 1 rings (SSSR count). The van der Waals surface area contributed by atoms with Crippen LogP contribution < -0.4 is 5.73 Å². The van der Waals surface area contributed by atoms with Gasteiger partial charge in [-0.3, -0.25) is 0 Å². The van der Waals surface area contributed by atoms with Crippen LogP contribution in [0.25, 0.3) is 0 Å². The van der Waals surface area contributed by atoms with E-state index in [9.17, 15) is 4.79 Å². The molecule has 0 atom stereocenters. The van der Waals surface area contributed by atoms with E-state index in [1.807, 2.05) is 0 Å². The van der Waals surface area contributed by atoms with Crippen LogP contribution in [-0.4, -0.2) is 6.47 Å². The second-order valence-corrected chi connectivity index (χ2v) is 2.11. The Labute approximate surface area is 104 Å². The summed E-state index contributed by atoms with van der Waals surface area (Å²) in [5, 5.41) is 0. The van der Waals surface area contributed by atoms with E-state index in [1.54, 1.807) is 24.3 Å². The molecule has 4 heteroatoms. The summed E-state index contributed by atoms with van der Waals surface area (Å²) in [7, 11) is 0. The van der Waals surface area contributed by atoms with Crippen molar-refractivity contribution in [1.82, 2.24) is 0 Å². The molecule has 0 aromatic heterocycles. The van der Waals surface area contributed by atoms with Crippen molar-refractivity contribution in [3.05, 3.63) is 37.3 Å². The molecule has 0 aliphatic carbocycles. The number of carbonyl (C=O) groups excluding carboxylic acids is 1. The van der Waals surface area contributed by atoms with E-state index in [2.05, 4.69) is 4.74 Å². The van der Waals surface area contributed by atoms with Gasteiger partial charge in [-0.25, -0.2) is 0 Å². The van der Waals surface area contributed by atoms with Crippen molar-refractivity contribution < 1.29 is 42.2 Å². The number of benzene rings is 1. The first-order chi connectivity index (χ1) is 5.33. The van der Waals surface area contributed by atoms with Crippen LogP contribution in [0.2, 0.25) is 0 Å². The number of nitrogens with two attached hydrogens (primary N) is 1. The molecule has 2 N–H and O–H groups in total. The second kappa shape index (κ2) is 8.20. The van der Waals surface area contributed by atoms with E-state index < -0.39 is 0 Å². The second-order valence-electron chi connectivity index (χ2n) is 2.11. The van der Waals surface area contributed by atoms with Crippen molar-refractivity contribution in [2.75, 3.05) is 5.73 Å². The first kappa shape index (κ1) is 15.1. The van der Waals surface area contributed by atoms with Crippen LogP contribution in [0.15, 0.2) is 24.3 Å². The molecule has 13 heavy (non-hydrogen) atoms. The number of ether oxygens (including phenoxy) is 1. The molecule has 0 fully saturated rings. The predicted molar refractivity (Wildman–Crippen MR) is 47.8 cm³/mol. The van der Waals surface area contributed by atoms with E-state index in [0.29, 0.717) is 5.69 Å². The Morgan fingerprint density at radius 2 is 1.85 bits per heavy atom. The minimum Gasteiger partial charge on any atom is -0.650 e. The largest absolute Gasteiger partial charge is 0.650 e. The van der Waals surface area contributed by atoms with Gasteiger partial charge in [-0.05, 0) is 17.7 Å². The van der Waals surface area contributed by atoms with Crippen molar-refractivity contribution >= 4 is 12.2 Å². The number of hydrogen-bond donors (Lipinski definition) is 1. The first-order valence-electron chi connectivity index (χ1n) is 3.16.